The fraction of sp³-hybridized carbons (Fsp3) is 0.800. The van der Waals surface area contributed by atoms with Crippen LogP contribution in [-0.2, 0) is 0 Å². The van der Waals surface area contributed by atoms with Gasteiger partial charge in [0.15, 0.2) is 0 Å². The van der Waals surface area contributed by atoms with Crippen molar-refractivity contribution in [2.75, 3.05) is 4.43 Å². The molecule has 0 nitrogen and oxygen atoms in total. The minimum absolute atomic E-state index is 1.24. The van der Waals surface area contributed by atoms with E-state index in [1.54, 1.807) is 0 Å². The Kier molecular flexibility index (Phi) is 10.9. The lowest BCUT2D eigenvalue weighted by Crippen LogP contribution is -1.74. The predicted molar refractivity (Wildman–Crippen MR) is 61.4 cm³/mol. The molecule has 0 saturated carbocycles. The molecule has 0 unspecified atom stereocenters. The molecule has 0 radical (unpaired) electrons. The van der Waals surface area contributed by atoms with Crippen LogP contribution >= 0.6 is 22.6 Å². The van der Waals surface area contributed by atoms with E-state index in [2.05, 4.69) is 41.7 Å². The molecule has 0 atom stereocenters. The highest BCUT2D eigenvalue weighted by molar-refractivity contribution is 14.1. The molecule has 0 saturated heterocycles. The Bertz CT molecular complexity index is 86.9. The highest BCUT2D eigenvalue weighted by atomic mass is 127. The summed E-state index contributed by atoms with van der Waals surface area (Å²) in [5, 5.41) is 0. The van der Waals surface area contributed by atoms with Gasteiger partial charge < -0.3 is 0 Å². The maximum absolute atomic E-state index is 2.41. The molecule has 0 spiro atoms. The van der Waals surface area contributed by atoms with Crippen molar-refractivity contribution in [1.29, 1.82) is 0 Å². The average Bonchev–Trinajstić information content (AvgIpc) is 2.03. The van der Waals surface area contributed by atoms with Crippen molar-refractivity contribution in [2.24, 2.45) is 0 Å². The number of unbranched alkanes of at least 4 members (excludes halogenated alkanes) is 4. The molecular formula is C10H19I. The van der Waals surface area contributed by atoms with Gasteiger partial charge in [0, 0.05) is 4.43 Å². The summed E-state index contributed by atoms with van der Waals surface area (Å²) < 4.78 is 1.25. The first kappa shape index (κ1) is 11.5. The van der Waals surface area contributed by atoms with Crippen molar-refractivity contribution in [3.05, 3.63) is 12.2 Å². The summed E-state index contributed by atoms with van der Waals surface area (Å²) in [6.45, 7) is 2.26. The molecule has 0 N–H and O–H groups in total. The van der Waals surface area contributed by atoms with E-state index in [4.69, 9.17) is 0 Å². The first-order valence-corrected chi connectivity index (χ1v) is 6.15. The minimum atomic E-state index is 1.24. The van der Waals surface area contributed by atoms with Crippen molar-refractivity contribution in [3.8, 4) is 0 Å². The van der Waals surface area contributed by atoms with Crippen LogP contribution in [0.15, 0.2) is 12.2 Å². The van der Waals surface area contributed by atoms with Crippen molar-refractivity contribution in [3.63, 3.8) is 0 Å². The smallest absolute Gasteiger partial charge is 0.00299 e. The fourth-order valence-electron chi connectivity index (χ4n) is 0.988. The lowest BCUT2D eigenvalue weighted by atomic mass is 10.1. The molecule has 11 heavy (non-hydrogen) atoms. The van der Waals surface area contributed by atoms with Crippen molar-refractivity contribution < 1.29 is 0 Å². The molecule has 0 aliphatic heterocycles. The fourth-order valence-corrected chi connectivity index (χ4v) is 1.35. The Morgan fingerprint density at radius 3 is 2.36 bits per heavy atom. The van der Waals surface area contributed by atoms with Crippen LogP contribution in [-0.4, -0.2) is 4.43 Å². The molecule has 0 rings (SSSR count). The van der Waals surface area contributed by atoms with E-state index >= 15 is 0 Å². The predicted octanol–water partition coefficient (Wildman–Crippen LogP) is 4.34. The second-order valence-electron chi connectivity index (χ2n) is 2.80. The summed E-state index contributed by atoms with van der Waals surface area (Å²) in [6.07, 6.45) is 12.7. The van der Waals surface area contributed by atoms with Gasteiger partial charge in [-0.2, -0.15) is 0 Å². The monoisotopic (exact) mass is 266 g/mol. The first-order chi connectivity index (χ1) is 5.41. The maximum Gasteiger partial charge on any atom is 0.00299 e. The lowest BCUT2D eigenvalue weighted by molar-refractivity contribution is 0.674. The molecule has 0 aromatic carbocycles. The SMILES string of the molecule is CCCCCC/C=C\CCI. The topological polar surface area (TPSA) is 0 Å². The second-order valence-corrected chi connectivity index (χ2v) is 3.88. The van der Waals surface area contributed by atoms with Gasteiger partial charge in [0.1, 0.15) is 0 Å². The number of alkyl halides is 1. The largest absolute Gasteiger partial charge is 0.0885 e. The van der Waals surface area contributed by atoms with E-state index in [0.29, 0.717) is 0 Å². The highest BCUT2D eigenvalue weighted by Crippen LogP contribution is 2.03. The molecule has 0 aliphatic carbocycles. The molecule has 66 valence electrons. The third-order valence-electron chi connectivity index (χ3n) is 1.67. The summed E-state index contributed by atoms with van der Waals surface area (Å²) in [5.74, 6) is 0. The second kappa shape index (κ2) is 10.5. The van der Waals surface area contributed by atoms with Crippen LogP contribution in [0.25, 0.3) is 0 Å². The van der Waals surface area contributed by atoms with Crippen molar-refractivity contribution in [1.82, 2.24) is 0 Å². The van der Waals surface area contributed by atoms with Gasteiger partial charge in [-0.3, -0.25) is 0 Å². The Hall–Kier alpha value is 0.470. The molecule has 0 aliphatic rings. The van der Waals surface area contributed by atoms with Crippen LogP contribution in [0.1, 0.15) is 45.4 Å². The van der Waals surface area contributed by atoms with Crippen molar-refractivity contribution >= 4 is 22.6 Å². The van der Waals surface area contributed by atoms with Crippen LogP contribution < -0.4 is 0 Å². The molecule has 1 heteroatoms. The summed E-state index contributed by atoms with van der Waals surface area (Å²) in [6, 6.07) is 0. The molecule has 0 fully saturated rings. The standard InChI is InChI=1S/C10H19I/c1-2-3-4-5-6-7-8-9-10-11/h7-8H,2-6,9-10H2,1H3/b8-7-. The van der Waals surface area contributed by atoms with E-state index in [-0.39, 0.29) is 0 Å². The van der Waals surface area contributed by atoms with Crippen LogP contribution in [0, 0.1) is 0 Å². The first-order valence-electron chi connectivity index (χ1n) is 4.62. The van der Waals surface area contributed by atoms with E-state index in [1.807, 2.05) is 0 Å². The Balaban J connectivity index is 2.89. The van der Waals surface area contributed by atoms with Gasteiger partial charge in [-0.1, -0.05) is 60.9 Å². The van der Waals surface area contributed by atoms with Gasteiger partial charge >= 0.3 is 0 Å². The number of hydrogen-bond acceptors (Lipinski definition) is 0. The number of allylic oxidation sites excluding steroid dienone is 2. The zero-order valence-corrected chi connectivity index (χ0v) is 9.64. The van der Waals surface area contributed by atoms with Gasteiger partial charge in [-0.05, 0) is 19.3 Å². The quantitative estimate of drug-likeness (QED) is 0.278. The molecule has 0 aromatic rings. The number of rotatable bonds is 7. The zero-order chi connectivity index (χ0) is 8.36. The average molecular weight is 266 g/mol. The maximum atomic E-state index is 2.41. The number of hydrogen-bond donors (Lipinski definition) is 0. The molecular weight excluding hydrogens is 247 g/mol. The molecule has 0 aromatic heterocycles. The Morgan fingerprint density at radius 2 is 1.73 bits per heavy atom. The zero-order valence-electron chi connectivity index (χ0n) is 7.48. The normalized spacial score (nSPS) is 11.1. The molecule has 0 heterocycles. The van der Waals surface area contributed by atoms with Gasteiger partial charge in [0.05, 0.1) is 0 Å². The van der Waals surface area contributed by atoms with E-state index in [1.165, 1.54) is 43.0 Å². The van der Waals surface area contributed by atoms with Crippen LogP contribution in [0.2, 0.25) is 0 Å². The molecule has 0 bridgehead atoms. The lowest BCUT2D eigenvalue weighted by Gasteiger charge is -1.93. The Morgan fingerprint density at radius 1 is 1.00 bits per heavy atom. The van der Waals surface area contributed by atoms with Gasteiger partial charge in [-0.15, -0.1) is 0 Å². The van der Waals surface area contributed by atoms with Gasteiger partial charge in [-0.25, -0.2) is 0 Å². The van der Waals surface area contributed by atoms with Crippen LogP contribution in [0.3, 0.4) is 0 Å². The summed E-state index contributed by atoms with van der Waals surface area (Å²) in [4.78, 5) is 0. The minimum Gasteiger partial charge on any atom is -0.0885 e. The summed E-state index contributed by atoms with van der Waals surface area (Å²) >= 11 is 2.41. The summed E-state index contributed by atoms with van der Waals surface area (Å²) in [5.41, 5.74) is 0. The van der Waals surface area contributed by atoms with Crippen LogP contribution in [0.4, 0.5) is 0 Å². The van der Waals surface area contributed by atoms with E-state index in [9.17, 15) is 0 Å². The highest BCUT2D eigenvalue weighted by Gasteiger charge is 1.83. The van der Waals surface area contributed by atoms with Crippen LogP contribution in [0.5, 0.6) is 0 Å². The van der Waals surface area contributed by atoms with Gasteiger partial charge in [0.25, 0.3) is 0 Å². The molecule has 0 amide bonds. The summed E-state index contributed by atoms with van der Waals surface area (Å²) in [7, 11) is 0. The van der Waals surface area contributed by atoms with Crippen molar-refractivity contribution in [2.45, 2.75) is 45.4 Å². The Labute approximate surface area is 84.6 Å². The number of halogens is 1. The third-order valence-corrected chi connectivity index (χ3v) is 2.29. The van der Waals surface area contributed by atoms with E-state index in [0.717, 1.165) is 0 Å². The third kappa shape index (κ3) is 10.5. The van der Waals surface area contributed by atoms with Gasteiger partial charge in [0.2, 0.25) is 0 Å². The van der Waals surface area contributed by atoms with E-state index < -0.39 is 0 Å².